The van der Waals surface area contributed by atoms with Gasteiger partial charge < -0.3 is 25.3 Å². The number of H-pyrrole nitrogens is 2. The van der Waals surface area contributed by atoms with Gasteiger partial charge in [-0.25, -0.2) is 0 Å². The number of aromatic amines is 2. The summed E-state index contributed by atoms with van der Waals surface area (Å²) in [6.07, 6.45) is 12.3. The molecule has 2 aromatic heterocycles. The largest absolute Gasteiger partial charge is 0.764 e. The van der Waals surface area contributed by atoms with Crippen LogP contribution in [0.2, 0.25) is 0 Å². The van der Waals surface area contributed by atoms with Crippen molar-refractivity contribution in [1.82, 2.24) is 9.97 Å². The first-order chi connectivity index (χ1) is 22.9. The highest BCUT2D eigenvalue weighted by Crippen LogP contribution is 2.47. The smallest absolute Gasteiger partial charge is 0.303 e. The van der Waals surface area contributed by atoms with Crippen LogP contribution in [0.3, 0.4) is 0 Å². The molecule has 1 atom stereocenters. The van der Waals surface area contributed by atoms with E-state index in [1.165, 1.54) is 16.2 Å². The predicted molar refractivity (Wildman–Crippen MR) is 192 cm³/mol. The molecule has 4 aromatic rings. The van der Waals surface area contributed by atoms with Gasteiger partial charge in [-0.3, -0.25) is 4.79 Å². The number of hydrogen-bond donors (Lipinski definition) is 4. The van der Waals surface area contributed by atoms with Gasteiger partial charge in [-0.15, -0.1) is 0 Å². The molecular weight excluding hydrogens is 596 g/mol. The lowest BCUT2D eigenvalue weighted by Crippen LogP contribution is -2.40. The Morgan fingerprint density at radius 2 is 1.42 bits per heavy atom. The van der Waals surface area contributed by atoms with Crippen molar-refractivity contribution in [3.63, 3.8) is 0 Å². The van der Waals surface area contributed by atoms with Crippen molar-refractivity contribution in [3.8, 4) is 0 Å². The normalized spacial score (nSPS) is 21.4. The minimum absolute atomic E-state index is 0.0650. The van der Waals surface area contributed by atoms with Crippen LogP contribution >= 0.6 is 0 Å². The molecule has 3 aliphatic carbocycles. The number of aliphatic hydroxyl groups excluding tert-OH is 1. The number of para-hydroxylation sites is 2. The Hall–Kier alpha value is -4.68. The highest BCUT2D eigenvalue weighted by atomic mass is 16.4. The summed E-state index contributed by atoms with van der Waals surface area (Å²) >= 11 is 0. The first-order valence-corrected chi connectivity index (χ1v) is 17.2. The minimum Gasteiger partial charge on any atom is -0.764 e. The van der Waals surface area contributed by atoms with Crippen LogP contribution in [0.5, 0.6) is 0 Å². The van der Waals surface area contributed by atoms with Gasteiger partial charge in [0.2, 0.25) is 5.76 Å². The van der Waals surface area contributed by atoms with E-state index in [2.05, 4.69) is 87.1 Å². The van der Waals surface area contributed by atoms with E-state index in [9.17, 15) is 15.0 Å². The zero-order valence-corrected chi connectivity index (χ0v) is 28.5. The molecule has 246 valence electrons. The molecule has 48 heavy (non-hydrogen) atoms. The SMILES string of the molecule is CCC1=c2c([nH]c3ccccc23)=CC(C)(C)C1=CC1C(O)=C(C=C2C(CCCCCC(=O)O)=c3c([nH]c4ccccc34)=CC2(C)C)[C+]1[O-]. The fourth-order valence-electron chi connectivity index (χ4n) is 8.21. The highest BCUT2D eigenvalue weighted by Gasteiger charge is 2.44. The summed E-state index contributed by atoms with van der Waals surface area (Å²) in [7, 11) is 0. The molecule has 0 amide bonds. The number of aliphatic hydroxyl groups is 1. The molecule has 0 spiro atoms. The molecule has 2 heterocycles. The zero-order chi connectivity index (χ0) is 34.0. The molecule has 2 aromatic carbocycles. The minimum atomic E-state index is -0.772. The number of aromatic nitrogens is 2. The molecular formula is C42H44N2O4. The fourth-order valence-corrected chi connectivity index (χ4v) is 8.21. The molecule has 0 saturated heterocycles. The lowest BCUT2D eigenvalue weighted by atomic mass is 9.69. The lowest BCUT2D eigenvalue weighted by Gasteiger charge is -2.36. The second kappa shape index (κ2) is 11.8. The Morgan fingerprint density at radius 3 is 1.98 bits per heavy atom. The van der Waals surface area contributed by atoms with Gasteiger partial charge in [-0.05, 0) is 72.8 Å². The van der Waals surface area contributed by atoms with E-state index in [4.69, 9.17) is 5.11 Å². The molecule has 0 saturated carbocycles. The molecule has 6 nitrogen and oxygen atoms in total. The number of benzene rings is 2. The molecule has 1 unspecified atom stereocenters. The summed E-state index contributed by atoms with van der Waals surface area (Å²) in [5.41, 5.74) is 6.25. The van der Waals surface area contributed by atoms with Crippen LogP contribution in [0.1, 0.15) is 73.1 Å². The van der Waals surface area contributed by atoms with Gasteiger partial charge >= 0.3 is 5.97 Å². The topological polar surface area (TPSA) is 112 Å². The number of hydrogen-bond acceptors (Lipinski definition) is 3. The van der Waals surface area contributed by atoms with E-state index in [0.717, 1.165) is 74.7 Å². The third-order valence-corrected chi connectivity index (χ3v) is 10.5. The lowest BCUT2D eigenvalue weighted by molar-refractivity contribution is -0.358. The number of carboxylic acid groups (broad SMARTS) is 1. The predicted octanol–water partition coefficient (Wildman–Crippen LogP) is 5.92. The summed E-state index contributed by atoms with van der Waals surface area (Å²) in [4.78, 5) is 18.3. The Morgan fingerprint density at radius 1 is 0.854 bits per heavy atom. The standard InChI is InChI=1S/C42H44N2O4/c1-6-24-30(41(2,3)22-34-37(24)26-15-10-12-17-32(26)43-34)20-28-39(47)29(40(28)48)21-31-25(14-8-7-9-19-36(45)46)38-27-16-11-13-18-33(27)44-35(38)23-42(31,4)5/h10-13,15-18,20-23,28,43-44,47H,6-9,14,19H2,1-5H3,(H,45,46). The monoisotopic (exact) mass is 640 g/mol. The van der Waals surface area contributed by atoms with Crippen molar-refractivity contribution in [2.24, 2.45) is 16.7 Å². The maximum absolute atomic E-state index is 14.0. The van der Waals surface area contributed by atoms with Crippen molar-refractivity contribution < 1.29 is 20.1 Å². The number of unbranched alkanes of at least 4 members (excludes halogenated alkanes) is 2. The molecule has 3 aliphatic rings. The van der Waals surface area contributed by atoms with Gasteiger partial charge in [0.05, 0.1) is 6.08 Å². The van der Waals surface area contributed by atoms with Crippen molar-refractivity contribution in [1.29, 1.82) is 0 Å². The Bertz CT molecular complexity index is 2320. The van der Waals surface area contributed by atoms with E-state index in [-0.39, 0.29) is 23.7 Å². The van der Waals surface area contributed by atoms with Gasteiger partial charge in [0.25, 0.3) is 0 Å². The summed E-state index contributed by atoms with van der Waals surface area (Å²) in [6, 6.07) is 16.6. The maximum atomic E-state index is 14.0. The second-order valence-electron chi connectivity index (χ2n) is 14.7. The molecule has 0 radical (unpaired) electrons. The first kappa shape index (κ1) is 31.9. The van der Waals surface area contributed by atoms with Crippen LogP contribution in [0.15, 0.2) is 83.2 Å². The number of nitrogens with one attached hydrogen (secondary N) is 2. The average molecular weight is 641 g/mol. The van der Waals surface area contributed by atoms with Gasteiger partial charge in [0.15, 0.2) is 5.57 Å². The van der Waals surface area contributed by atoms with E-state index in [1.807, 2.05) is 30.4 Å². The number of rotatable bonds is 9. The quantitative estimate of drug-likeness (QED) is 0.134. The van der Waals surface area contributed by atoms with Gasteiger partial charge in [-0.2, -0.15) is 0 Å². The number of carbonyl (C=O) groups is 1. The van der Waals surface area contributed by atoms with Crippen molar-refractivity contribution in [2.45, 2.75) is 73.1 Å². The van der Waals surface area contributed by atoms with E-state index in [1.54, 1.807) is 0 Å². The van der Waals surface area contributed by atoms with Gasteiger partial charge in [-0.1, -0.05) is 83.5 Å². The van der Waals surface area contributed by atoms with Crippen LogP contribution in [-0.4, -0.2) is 26.2 Å². The van der Waals surface area contributed by atoms with Crippen LogP contribution in [0.25, 0.3) is 45.1 Å². The number of carboxylic acids is 1. The van der Waals surface area contributed by atoms with E-state index < -0.39 is 17.3 Å². The molecule has 0 fully saturated rings. The molecule has 0 aliphatic heterocycles. The summed E-state index contributed by atoms with van der Waals surface area (Å²) in [5, 5.41) is 41.5. The van der Waals surface area contributed by atoms with Crippen molar-refractivity contribution >= 4 is 51.1 Å². The van der Waals surface area contributed by atoms with E-state index in [0.29, 0.717) is 12.0 Å². The third-order valence-electron chi connectivity index (χ3n) is 10.5. The number of fused-ring (bicyclic) bond motifs is 6. The number of allylic oxidation sites excluding steroid dienone is 2. The third kappa shape index (κ3) is 5.23. The second-order valence-corrected chi connectivity index (χ2v) is 14.7. The summed E-state index contributed by atoms with van der Waals surface area (Å²) < 4.78 is 0. The Balaban J connectivity index is 1.32. The van der Waals surface area contributed by atoms with Gasteiger partial charge in [0, 0.05) is 65.8 Å². The van der Waals surface area contributed by atoms with Crippen LogP contribution in [-0.2, 0) is 4.79 Å². The summed E-state index contributed by atoms with van der Waals surface area (Å²) in [6.45, 7) is 10.8. The van der Waals surface area contributed by atoms with Crippen molar-refractivity contribution in [3.05, 3.63) is 110 Å². The van der Waals surface area contributed by atoms with Crippen molar-refractivity contribution in [2.75, 3.05) is 0 Å². The fraction of sp³-hybridized carbons (Fsp3) is 0.333. The van der Waals surface area contributed by atoms with E-state index >= 15 is 0 Å². The highest BCUT2D eigenvalue weighted by molar-refractivity contribution is 5.89. The molecule has 0 bridgehead atoms. The maximum Gasteiger partial charge on any atom is 0.303 e. The molecule has 7 rings (SSSR count). The molecule has 6 heteroatoms. The van der Waals surface area contributed by atoms with Gasteiger partial charge in [0.1, 0.15) is 5.92 Å². The van der Waals surface area contributed by atoms with Crippen LogP contribution in [0.4, 0.5) is 0 Å². The Kier molecular flexibility index (Phi) is 7.83. The Labute approximate surface area is 280 Å². The molecule has 4 N–H and O–H groups in total. The zero-order valence-electron chi connectivity index (χ0n) is 28.5. The van der Waals surface area contributed by atoms with Crippen LogP contribution in [0, 0.1) is 22.9 Å². The average Bonchev–Trinajstić information content (AvgIpc) is 3.58. The number of aliphatic carboxylic acids is 1. The van der Waals surface area contributed by atoms with Crippen LogP contribution < -0.4 is 26.2 Å². The first-order valence-electron chi connectivity index (χ1n) is 17.2. The summed E-state index contributed by atoms with van der Waals surface area (Å²) in [5.74, 6) is -1.34.